The topological polar surface area (TPSA) is 478 Å². The van der Waals surface area contributed by atoms with Gasteiger partial charge in [-0.2, -0.15) is 15.2 Å². The molecule has 0 saturated heterocycles. The number of aromatic carboxylic acids is 2. The van der Waals surface area contributed by atoms with Crippen molar-refractivity contribution in [3.8, 4) is 21.8 Å². The van der Waals surface area contributed by atoms with Crippen LogP contribution < -0.4 is 11.5 Å². The maximum Gasteiger partial charge on any atom is 0.354 e. The van der Waals surface area contributed by atoms with E-state index in [0.717, 1.165) is 33.8 Å². The molecule has 16 aromatic heterocycles. The van der Waals surface area contributed by atoms with Crippen molar-refractivity contribution in [3.05, 3.63) is 214 Å². The molecule has 596 valence electrons. The van der Waals surface area contributed by atoms with E-state index in [9.17, 15) is 37.5 Å². The molecule has 0 aliphatic rings. The van der Waals surface area contributed by atoms with Crippen molar-refractivity contribution in [2.75, 3.05) is 25.7 Å². The Labute approximate surface area is 698 Å². The van der Waals surface area contributed by atoms with E-state index < -0.39 is 29.9 Å². The number of rotatable bonds is 12. The van der Waals surface area contributed by atoms with Crippen LogP contribution >= 0.6 is 103 Å². The molecule has 115 heavy (non-hydrogen) atoms. The van der Waals surface area contributed by atoms with Crippen LogP contribution in [0.15, 0.2) is 158 Å². The number of thiazole rings is 1. The Kier molecular flexibility index (Phi) is 28.9. The number of nitrogen functional groups attached to an aromatic ring is 2. The van der Waals surface area contributed by atoms with E-state index in [1.807, 2.05) is 39.8 Å². The summed E-state index contributed by atoms with van der Waals surface area (Å²) in [5.74, 6) is -3.05. The van der Waals surface area contributed by atoms with Gasteiger partial charge in [0.1, 0.15) is 22.0 Å². The minimum atomic E-state index is -2.65. The van der Waals surface area contributed by atoms with E-state index in [-0.39, 0.29) is 65.9 Å². The molecule has 16 heterocycles. The average molecular weight is 1940 g/mol. The molecule has 16 aromatic rings. The Morgan fingerprint density at radius 2 is 0.939 bits per heavy atom. The van der Waals surface area contributed by atoms with Crippen molar-refractivity contribution < 1.29 is 62.0 Å². The first-order valence-corrected chi connectivity index (χ1v) is 37.4. The molecule has 0 fully saturated rings. The van der Waals surface area contributed by atoms with Crippen LogP contribution in [0.4, 0.5) is 20.4 Å². The van der Waals surface area contributed by atoms with Gasteiger partial charge < -0.3 is 35.9 Å². The minimum absolute atomic E-state index is 0. The molecule has 0 bridgehead atoms. The standard InChI is InChI=1S/C16H11BrF2N6OS.C12H14BrN3O2.C11H12N4O2.C8H6BrN3O2.C8H8N4O2.C7H4BrN3O2.C6H5BrN4.ClH/c1-24-13(9(6-20-24)15-21-10(7-27-15)14(18)19)11(26)4-8-2-3-25-12(5-8)22-16(17)23-25;1-12(2,3)18-10(17)7-8-4-5-16-9(6-8)14-11(13)15-16;1-6-4-12-7(2)9(14-6)8-5-13-15(3)10(8)11(16)17;2*1-14-7(13)5-2-3-12-6(4-5)10-8(9)11-12;8-7-9-5-3-4(6(12)13)1-2-11(5)10-7;7-6-9-5-3-4(8)1-2-11(5)10-6;/h2-3,5-7,14H,4H2,1H3;4-6H,7H2,1-3H3;4-5H,1-3H3,(H,16,17);2-4H,1H3;2-4H,1H3,(H2,9,11);1-3H,(H,12,13);1-3H,8H2;1H. The highest BCUT2D eigenvalue weighted by Gasteiger charge is 2.25. The van der Waals surface area contributed by atoms with Crippen molar-refractivity contribution in [3.63, 3.8) is 0 Å². The van der Waals surface area contributed by atoms with E-state index in [1.165, 1.54) is 62.5 Å². The number of aromatic nitrogens is 25. The lowest BCUT2D eigenvalue weighted by Gasteiger charge is -2.19. The van der Waals surface area contributed by atoms with Crippen LogP contribution in [0.1, 0.15) is 107 Å². The highest BCUT2D eigenvalue weighted by molar-refractivity contribution is 9.11. The van der Waals surface area contributed by atoms with Gasteiger partial charge in [-0.15, -0.1) is 54.3 Å². The van der Waals surface area contributed by atoms with E-state index in [4.69, 9.17) is 26.4 Å². The maximum atomic E-state index is 12.9. The van der Waals surface area contributed by atoms with Gasteiger partial charge in [-0.25, -0.2) is 89.9 Å². The van der Waals surface area contributed by atoms with E-state index in [1.54, 1.807) is 131 Å². The van der Waals surface area contributed by atoms with Crippen molar-refractivity contribution in [1.82, 2.24) is 122 Å². The van der Waals surface area contributed by atoms with Crippen LogP contribution in [0.2, 0.25) is 0 Å². The van der Waals surface area contributed by atoms with Crippen molar-refractivity contribution in [1.29, 1.82) is 0 Å². The number of nitrogens with two attached hydrogens (primary N) is 2. The maximum absolute atomic E-state index is 12.9. The number of methoxy groups -OCH3 is 2. The van der Waals surface area contributed by atoms with Gasteiger partial charge in [0, 0.05) is 81.0 Å². The third-order valence-corrected chi connectivity index (χ3v) is 17.5. The second-order valence-corrected chi connectivity index (χ2v) is 28.7. The fraction of sp³-hybridized carbons (Fsp3) is 0.191. The number of esters is 3. The summed E-state index contributed by atoms with van der Waals surface area (Å²) in [6.07, 6.45) is 12.4. The van der Waals surface area contributed by atoms with E-state index >= 15 is 0 Å². The number of carboxylic acids is 2. The molecule has 0 amide bonds. The van der Waals surface area contributed by atoms with Crippen LogP contribution in [0, 0.1) is 13.8 Å². The lowest BCUT2D eigenvalue weighted by Crippen LogP contribution is -2.24. The summed E-state index contributed by atoms with van der Waals surface area (Å²) in [7, 11) is 5.89. The summed E-state index contributed by atoms with van der Waals surface area (Å²) in [5, 5.41) is 51.6. The number of Topliss-reactive ketones (excluding diaryl/α,β-unsaturated/α-hetero) is 1. The number of hydrogen-bond acceptors (Lipinski definition) is 29. The molecule has 0 spiro atoms. The molecule has 47 heteroatoms. The summed E-state index contributed by atoms with van der Waals surface area (Å²) < 4.78 is 54.7. The van der Waals surface area contributed by atoms with E-state index in [0.29, 0.717) is 102 Å². The van der Waals surface area contributed by atoms with Gasteiger partial charge >= 0.3 is 29.8 Å². The zero-order chi connectivity index (χ0) is 82.6. The molecule has 0 aliphatic heterocycles. The number of hydrogen-bond donors (Lipinski definition) is 4. The smallest absolute Gasteiger partial charge is 0.354 e. The largest absolute Gasteiger partial charge is 0.478 e. The summed E-state index contributed by atoms with van der Waals surface area (Å²) in [4.78, 5) is 105. The summed E-state index contributed by atoms with van der Waals surface area (Å²) >= 11 is 16.9. The molecule has 0 aliphatic carbocycles. The number of halogens is 8. The Bertz CT molecular complexity index is 6160. The number of fused-ring (bicyclic) bond motifs is 6. The zero-order valence-corrected chi connectivity index (χ0v) is 70.6. The molecule has 6 N–H and O–H groups in total. The summed E-state index contributed by atoms with van der Waals surface area (Å²) in [6, 6.07) is 20.1. The zero-order valence-electron chi connectivity index (χ0n) is 61.1. The highest BCUT2D eigenvalue weighted by Crippen LogP contribution is 2.32. The Balaban J connectivity index is 0.000000156. The average Bonchev–Trinajstić information content (AvgIpc) is 1.66. The fourth-order valence-corrected chi connectivity index (χ4v) is 12.6. The van der Waals surface area contributed by atoms with Gasteiger partial charge in [-0.05, 0) is 192 Å². The Morgan fingerprint density at radius 3 is 1.40 bits per heavy atom. The van der Waals surface area contributed by atoms with Crippen molar-refractivity contribution in [2.45, 2.75) is 59.5 Å². The fourth-order valence-electron chi connectivity index (χ4n) is 10.0. The molecular formula is C68H61Br5ClF2N27O11S. The predicted molar refractivity (Wildman–Crippen MR) is 430 cm³/mol. The molecule has 0 radical (unpaired) electrons. The number of carboxylic acid groups (broad SMARTS) is 2. The number of alkyl halides is 2. The number of carbonyl (C=O) groups excluding carboxylic acids is 4. The lowest BCUT2D eigenvalue weighted by molar-refractivity contribution is -0.153. The Hall–Kier alpha value is -12.0. The summed E-state index contributed by atoms with van der Waals surface area (Å²) in [5.41, 5.74) is 20.6. The first-order valence-electron chi connectivity index (χ1n) is 32.5. The van der Waals surface area contributed by atoms with Gasteiger partial charge in [0.15, 0.2) is 45.4 Å². The molecule has 16 rings (SSSR count). The van der Waals surface area contributed by atoms with Crippen LogP contribution in [-0.4, -0.2) is 188 Å². The highest BCUT2D eigenvalue weighted by atomic mass is 79.9. The minimum Gasteiger partial charge on any atom is -0.478 e. The third kappa shape index (κ3) is 22.9. The van der Waals surface area contributed by atoms with Gasteiger partial charge in [0.2, 0.25) is 29.6 Å². The van der Waals surface area contributed by atoms with Crippen LogP contribution in [-0.2, 0) is 45.9 Å². The Morgan fingerprint density at radius 1 is 0.522 bits per heavy atom. The number of anilines is 2. The molecule has 0 saturated carbocycles. The monoisotopic (exact) mass is 1930 g/mol. The molecule has 0 atom stereocenters. The van der Waals surface area contributed by atoms with Gasteiger partial charge in [-0.3, -0.25) is 23.9 Å². The van der Waals surface area contributed by atoms with Gasteiger partial charge in [-0.1, -0.05) is 0 Å². The lowest BCUT2D eigenvalue weighted by atomic mass is 10.1. The normalized spacial score (nSPS) is 10.9. The first kappa shape index (κ1) is 87.0. The van der Waals surface area contributed by atoms with Gasteiger partial charge in [0.05, 0.1) is 77.9 Å². The van der Waals surface area contributed by atoms with Crippen LogP contribution in [0.5, 0.6) is 0 Å². The predicted octanol–water partition coefficient (Wildman–Crippen LogP) is 11.3. The molecule has 38 nitrogen and oxygen atoms in total. The molecule has 0 aromatic carbocycles. The number of ketones is 1. The van der Waals surface area contributed by atoms with Crippen molar-refractivity contribution in [2.24, 2.45) is 14.1 Å². The molecule has 0 unspecified atom stereocenters. The molecular weight excluding hydrogens is 1880 g/mol. The van der Waals surface area contributed by atoms with Crippen molar-refractivity contribution >= 4 is 185 Å². The number of ether oxygens (including phenoxy) is 3. The van der Waals surface area contributed by atoms with Crippen LogP contribution in [0.25, 0.3) is 55.7 Å². The second kappa shape index (κ2) is 38.2. The summed E-state index contributed by atoms with van der Waals surface area (Å²) in [6.45, 7) is 9.16. The SMILES string of the molecule is CC(C)(C)OC(=O)Cc1ccn2nc(Br)nc2c1.COC(=O)c1ccn2nc(Br)nc2c1.COC(=O)c1ccn2nc(N)nc2c1.Cc1cnc(C)c(-c2cnn(C)c2C(=O)O)n1.Cl.Cn1ncc(-c2nc(C(F)F)cs2)c1C(=O)Cc1ccn2nc(Br)nc2c1.Nc1ccn2nc(Br)nc2c1.O=C(O)c1ccn2nc(Br)nc2c1. The van der Waals surface area contributed by atoms with Crippen LogP contribution in [0.3, 0.4) is 0 Å². The van der Waals surface area contributed by atoms with E-state index in [2.05, 4.69) is 175 Å². The number of carbonyl (C=O) groups is 6. The quantitative estimate of drug-likeness (QED) is 0.0501. The number of nitrogens with zero attached hydrogens (tertiary/aromatic N) is 25. The third-order valence-electron chi connectivity index (χ3n) is 14.9. The second-order valence-electron chi connectivity index (χ2n) is 24.3. The number of aryl methyl sites for hydroxylation is 4. The van der Waals surface area contributed by atoms with Gasteiger partial charge in [0.25, 0.3) is 6.43 Å². The first-order chi connectivity index (χ1) is 54.1. The number of pyridine rings is 6.